The number of nitrogens with zero attached hydrogens (tertiary/aromatic N) is 1. The highest BCUT2D eigenvalue weighted by Crippen LogP contribution is 2.38. The summed E-state index contributed by atoms with van der Waals surface area (Å²) in [5.74, 6) is 0.784. The molecular formula is C21H23NO5S. The highest BCUT2D eigenvalue weighted by Gasteiger charge is 2.44. The predicted octanol–water partition coefficient (Wildman–Crippen LogP) is 2.83. The van der Waals surface area contributed by atoms with E-state index in [-0.39, 0.29) is 12.0 Å². The van der Waals surface area contributed by atoms with Crippen LogP contribution in [-0.4, -0.2) is 54.3 Å². The SMILES string of the molecule is COC(=O)c1cccc(O[C@@H]2C[C@@H]3CN(C(=O)c4cccs4)C[C@@H]3C[C@H]2O)c1. The van der Waals surface area contributed by atoms with Gasteiger partial charge in [0.1, 0.15) is 11.9 Å². The number of likely N-dealkylation sites (tertiary alicyclic amines) is 1. The number of benzene rings is 1. The molecule has 1 aromatic carbocycles. The van der Waals surface area contributed by atoms with Crippen molar-refractivity contribution in [1.29, 1.82) is 0 Å². The van der Waals surface area contributed by atoms with Gasteiger partial charge in [-0.25, -0.2) is 4.79 Å². The smallest absolute Gasteiger partial charge is 0.337 e. The van der Waals surface area contributed by atoms with E-state index in [0.29, 0.717) is 49.1 Å². The van der Waals surface area contributed by atoms with Crippen LogP contribution >= 0.6 is 11.3 Å². The number of thiophene rings is 1. The minimum Gasteiger partial charge on any atom is -0.488 e. The third-order valence-electron chi connectivity index (χ3n) is 5.65. The van der Waals surface area contributed by atoms with E-state index in [1.54, 1.807) is 24.3 Å². The highest BCUT2D eigenvalue weighted by molar-refractivity contribution is 7.12. The fraction of sp³-hybridized carbons (Fsp3) is 0.429. The normalized spacial score (nSPS) is 26.6. The van der Waals surface area contributed by atoms with Gasteiger partial charge >= 0.3 is 5.97 Å². The van der Waals surface area contributed by atoms with Gasteiger partial charge in [0.2, 0.25) is 0 Å². The van der Waals surface area contributed by atoms with Crippen molar-refractivity contribution < 1.29 is 24.2 Å². The summed E-state index contributed by atoms with van der Waals surface area (Å²) < 4.78 is 10.8. The lowest BCUT2D eigenvalue weighted by Crippen LogP contribution is -2.42. The van der Waals surface area contributed by atoms with Crippen molar-refractivity contribution in [1.82, 2.24) is 4.90 Å². The zero-order valence-corrected chi connectivity index (χ0v) is 16.4. The molecule has 2 heterocycles. The van der Waals surface area contributed by atoms with Gasteiger partial charge in [-0.15, -0.1) is 11.3 Å². The van der Waals surface area contributed by atoms with Crippen molar-refractivity contribution in [3.05, 3.63) is 52.2 Å². The molecular weight excluding hydrogens is 378 g/mol. The zero-order chi connectivity index (χ0) is 19.7. The van der Waals surface area contributed by atoms with Gasteiger partial charge in [-0.3, -0.25) is 4.79 Å². The molecule has 1 aliphatic carbocycles. The fourth-order valence-corrected chi connectivity index (χ4v) is 4.92. The monoisotopic (exact) mass is 401 g/mol. The van der Waals surface area contributed by atoms with Crippen LogP contribution in [0.1, 0.15) is 32.9 Å². The highest BCUT2D eigenvalue weighted by atomic mass is 32.1. The fourth-order valence-electron chi connectivity index (χ4n) is 4.23. The van der Waals surface area contributed by atoms with Crippen LogP contribution in [0.15, 0.2) is 41.8 Å². The van der Waals surface area contributed by atoms with Crippen LogP contribution < -0.4 is 4.74 Å². The number of aliphatic hydroxyl groups is 1. The number of aliphatic hydroxyl groups excluding tert-OH is 1. The topological polar surface area (TPSA) is 76.1 Å². The number of ether oxygens (including phenoxy) is 2. The molecule has 4 atom stereocenters. The molecule has 1 aliphatic heterocycles. The predicted molar refractivity (Wildman–Crippen MR) is 105 cm³/mol. The Morgan fingerprint density at radius 1 is 1.14 bits per heavy atom. The van der Waals surface area contributed by atoms with Gasteiger partial charge in [-0.05, 0) is 54.3 Å². The Hall–Kier alpha value is -2.38. The van der Waals surface area contributed by atoms with Gasteiger partial charge in [0.15, 0.2) is 0 Å². The summed E-state index contributed by atoms with van der Waals surface area (Å²) in [6.07, 6.45) is 0.341. The molecule has 148 valence electrons. The minimum absolute atomic E-state index is 0.0714. The quantitative estimate of drug-likeness (QED) is 0.798. The standard InChI is InChI=1S/C21H23NO5S/c1-26-21(25)13-4-2-5-16(8-13)27-18-10-15-12-22(11-14(15)9-17(18)23)20(24)19-6-3-7-28-19/h2-8,14-15,17-18,23H,9-12H2,1H3/t14-,15+,17+,18+/m0/s1. The summed E-state index contributed by atoms with van der Waals surface area (Å²) in [6, 6.07) is 10.5. The van der Waals surface area contributed by atoms with E-state index in [4.69, 9.17) is 9.47 Å². The van der Waals surface area contributed by atoms with Crippen LogP contribution in [0, 0.1) is 11.8 Å². The van der Waals surface area contributed by atoms with Crippen LogP contribution in [0.2, 0.25) is 0 Å². The van der Waals surface area contributed by atoms with E-state index in [2.05, 4.69) is 0 Å². The molecule has 0 spiro atoms. The lowest BCUT2D eigenvalue weighted by molar-refractivity contribution is -0.0231. The molecule has 1 amide bonds. The van der Waals surface area contributed by atoms with Crippen molar-refractivity contribution in [3.63, 3.8) is 0 Å². The molecule has 1 aromatic heterocycles. The number of methoxy groups -OCH3 is 1. The van der Waals surface area contributed by atoms with Crippen LogP contribution in [0.5, 0.6) is 5.75 Å². The van der Waals surface area contributed by atoms with E-state index >= 15 is 0 Å². The molecule has 1 saturated heterocycles. The second-order valence-corrected chi connectivity index (χ2v) is 8.37. The summed E-state index contributed by atoms with van der Waals surface area (Å²) in [7, 11) is 1.34. The summed E-state index contributed by atoms with van der Waals surface area (Å²) in [5, 5.41) is 12.5. The first-order valence-corrected chi connectivity index (χ1v) is 10.3. The molecule has 4 rings (SSSR count). The number of rotatable bonds is 4. The molecule has 2 fully saturated rings. The average Bonchev–Trinajstić information content (AvgIpc) is 3.37. The lowest BCUT2D eigenvalue weighted by Gasteiger charge is -2.35. The van der Waals surface area contributed by atoms with Crippen molar-refractivity contribution in [3.8, 4) is 5.75 Å². The molecule has 28 heavy (non-hydrogen) atoms. The van der Waals surface area contributed by atoms with Gasteiger partial charge in [-0.1, -0.05) is 12.1 Å². The van der Waals surface area contributed by atoms with Crippen LogP contribution in [0.3, 0.4) is 0 Å². The largest absolute Gasteiger partial charge is 0.488 e. The molecule has 0 bridgehead atoms. The van der Waals surface area contributed by atoms with Crippen molar-refractivity contribution >= 4 is 23.2 Å². The van der Waals surface area contributed by atoms with E-state index in [1.165, 1.54) is 18.4 Å². The molecule has 1 N–H and O–H groups in total. The molecule has 1 saturated carbocycles. The van der Waals surface area contributed by atoms with Gasteiger partial charge in [0.25, 0.3) is 5.91 Å². The second kappa shape index (κ2) is 7.93. The molecule has 6 nitrogen and oxygen atoms in total. The number of amides is 1. The molecule has 2 aliphatic rings. The van der Waals surface area contributed by atoms with Crippen LogP contribution in [0.25, 0.3) is 0 Å². The Labute approximate surface area is 167 Å². The number of fused-ring (bicyclic) bond motifs is 1. The summed E-state index contributed by atoms with van der Waals surface area (Å²) >= 11 is 1.46. The number of hydrogen-bond acceptors (Lipinski definition) is 6. The van der Waals surface area contributed by atoms with Crippen LogP contribution in [0.4, 0.5) is 0 Å². The van der Waals surface area contributed by atoms with E-state index in [0.717, 1.165) is 4.88 Å². The zero-order valence-electron chi connectivity index (χ0n) is 15.6. The Balaban J connectivity index is 1.42. The first-order chi connectivity index (χ1) is 13.5. The number of carbonyl (C=O) groups excluding carboxylic acids is 2. The maximum atomic E-state index is 12.6. The van der Waals surface area contributed by atoms with Crippen molar-refractivity contribution in [2.45, 2.75) is 25.0 Å². The molecule has 7 heteroatoms. The maximum absolute atomic E-state index is 12.6. The minimum atomic E-state index is -0.597. The summed E-state index contributed by atoms with van der Waals surface area (Å²) in [6.45, 7) is 1.37. The van der Waals surface area contributed by atoms with Crippen LogP contribution in [-0.2, 0) is 4.74 Å². The number of hydrogen-bond donors (Lipinski definition) is 1. The third-order valence-corrected chi connectivity index (χ3v) is 6.50. The summed E-state index contributed by atoms with van der Waals surface area (Å²) in [4.78, 5) is 27.0. The van der Waals surface area contributed by atoms with Crippen molar-refractivity contribution in [2.24, 2.45) is 11.8 Å². The van der Waals surface area contributed by atoms with Gasteiger partial charge in [-0.2, -0.15) is 0 Å². The average molecular weight is 401 g/mol. The first-order valence-electron chi connectivity index (χ1n) is 9.41. The molecule has 0 unspecified atom stereocenters. The Morgan fingerprint density at radius 3 is 2.64 bits per heavy atom. The Bertz CT molecular complexity index is 852. The summed E-state index contributed by atoms with van der Waals surface area (Å²) in [5.41, 5.74) is 0.414. The first kappa shape index (κ1) is 19.0. The number of carbonyl (C=O) groups is 2. The Kier molecular flexibility index (Phi) is 5.37. The molecule has 0 radical (unpaired) electrons. The molecule has 2 aromatic rings. The van der Waals surface area contributed by atoms with Gasteiger partial charge in [0.05, 0.1) is 23.7 Å². The number of esters is 1. The second-order valence-electron chi connectivity index (χ2n) is 7.42. The van der Waals surface area contributed by atoms with E-state index < -0.39 is 12.1 Å². The van der Waals surface area contributed by atoms with Gasteiger partial charge < -0.3 is 19.5 Å². The van der Waals surface area contributed by atoms with Gasteiger partial charge in [0, 0.05) is 13.1 Å². The Morgan fingerprint density at radius 2 is 1.93 bits per heavy atom. The third kappa shape index (κ3) is 3.77. The maximum Gasteiger partial charge on any atom is 0.337 e. The lowest BCUT2D eigenvalue weighted by atomic mass is 9.78. The van der Waals surface area contributed by atoms with Crippen molar-refractivity contribution in [2.75, 3.05) is 20.2 Å². The van der Waals surface area contributed by atoms with E-state index in [1.807, 2.05) is 22.4 Å². The van der Waals surface area contributed by atoms with E-state index in [9.17, 15) is 14.7 Å².